The Morgan fingerprint density at radius 2 is 1.05 bits per heavy atom. The molecule has 5 heteroatoms. The van der Waals surface area contributed by atoms with Crippen molar-refractivity contribution >= 4 is 33.5 Å². The second-order valence-corrected chi connectivity index (χ2v) is 14.9. The standard InChI is InChI=1S/C53H40N4O/c1-2-35-32-46(38-17-8-4-9-18-38)54-53(43-29-30-45-44-23-12-13-24-49(44)58-50(45)33-43)57-51(35)41-21-14-22-42(31-41)52-55-47(39-19-10-5-11-20-39)34-48(56-52)40-27-25-37(26-28-40)36-15-6-3-7-16-36/h3-31,33-35,46H,2,32H2,1H3. The van der Waals surface area contributed by atoms with E-state index in [9.17, 15) is 0 Å². The van der Waals surface area contributed by atoms with Crippen LogP contribution >= 0.6 is 0 Å². The highest BCUT2D eigenvalue weighted by atomic mass is 16.3. The second kappa shape index (κ2) is 15.4. The van der Waals surface area contributed by atoms with E-state index in [1.165, 1.54) is 16.7 Å². The predicted molar refractivity (Wildman–Crippen MR) is 238 cm³/mol. The van der Waals surface area contributed by atoms with E-state index in [4.69, 9.17) is 24.4 Å². The van der Waals surface area contributed by atoms with Crippen LogP contribution in [0.2, 0.25) is 0 Å². The quantitative estimate of drug-likeness (QED) is 0.155. The fourth-order valence-electron chi connectivity index (χ4n) is 8.13. The first-order chi connectivity index (χ1) is 28.7. The molecule has 58 heavy (non-hydrogen) atoms. The smallest absolute Gasteiger partial charge is 0.160 e. The van der Waals surface area contributed by atoms with Gasteiger partial charge in [0.15, 0.2) is 11.7 Å². The van der Waals surface area contributed by atoms with E-state index in [0.717, 1.165) is 79.7 Å². The minimum Gasteiger partial charge on any atom is -0.456 e. The number of benzene rings is 7. The molecular formula is C53H40N4O. The van der Waals surface area contributed by atoms with E-state index >= 15 is 0 Å². The lowest BCUT2D eigenvalue weighted by Crippen LogP contribution is -2.17. The SMILES string of the molecule is CCC1CC(c2ccccc2)N=C(c2ccc3c(c2)oc2ccccc23)N=C1c1cccc(-c2nc(-c3ccccc3)cc(-c3ccc(-c4ccccc4)cc3)n2)c1. The number of aromatic nitrogens is 2. The van der Waals surface area contributed by atoms with Crippen LogP contribution < -0.4 is 0 Å². The van der Waals surface area contributed by atoms with Gasteiger partial charge < -0.3 is 4.42 Å². The summed E-state index contributed by atoms with van der Waals surface area (Å²) in [5, 5.41) is 2.19. The maximum Gasteiger partial charge on any atom is 0.160 e. The molecule has 2 aromatic heterocycles. The zero-order valence-electron chi connectivity index (χ0n) is 32.2. The topological polar surface area (TPSA) is 63.6 Å². The van der Waals surface area contributed by atoms with Crippen LogP contribution in [-0.2, 0) is 0 Å². The van der Waals surface area contributed by atoms with Crippen LogP contribution in [0.15, 0.2) is 202 Å². The van der Waals surface area contributed by atoms with Gasteiger partial charge in [0.2, 0.25) is 0 Å². The van der Waals surface area contributed by atoms with Crippen molar-refractivity contribution in [2.45, 2.75) is 25.8 Å². The molecule has 0 saturated heterocycles. The van der Waals surface area contributed by atoms with E-state index < -0.39 is 0 Å². The monoisotopic (exact) mass is 748 g/mol. The molecule has 2 unspecified atom stereocenters. The van der Waals surface area contributed by atoms with Gasteiger partial charge in [0, 0.05) is 38.9 Å². The van der Waals surface area contributed by atoms with Crippen molar-refractivity contribution in [3.63, 3.8) is 0 Å². The van der Waals surface area contributed by atoms with Crippen molar-refractivity contribution in [1.82, 2.24) is 9.97 Å². The number of hydrogen-bond donors (Lipinski definition) is 0. The summed E-state index contributed by atoms with van der Waals surface area (Å²) < 4.78 is 6.34. The zero-order valence-corrected chi connectivity index (χ0v) is 32.2. The van der Waals surface area contributed by atoms with Crippen molar-refractivity contribution in [2.24, 2.45) is 15.9 Å². The minimum absolute atomic E-state index is 0.0568. The summed E-state index contributed by atoms with van der Waals surface area (Å²) in [5.41, 5.74) is 13.0. The molecule has 10 rings (SSSR count). The Morgan fingerprint density at radius 3 is 1.79 bits per heavy atom. The molecule has 278 valence electrons. The summed E-state index contributed by atoms with van der Waals surface area (Å²) in [6.45, 7) is 2.25. The van der Waals surface area contributed by atoms with Gasteiger partial charge in [-0.15, -0.1) is 0 Å². The van der Waals surface area contributed by atoms with Crippen molar-refractivity contribution in [2.75, 3.05) is 0 Å². The van der Waals surface area contributed by atoms with E-state index in [-0.39, 0.29) is 12.0 Å². The van der Waals surface area contributed by atoms with E-state index in [0.29, 0.717) is 11.7 Å². The number of nitrogens with zero attached hydrogens (tertiary/aromatic N) is 4. The molecule has 0 bridgehead atoms. The third-order valence-corrected chi connectivity index (χ3v) is 11.2. The molecule has 0 spiro atoms. The van der Waals surface area contributed by atoms with Gasteiger partial charge in [-0.25, -0.2) is 15.0 Å². The molecule has 5 nitrogen and oxygen atoms in total. The molecule has 0 amide bonds. The van der Waals surface area contributed by atoms with Gasteiger partial charge in [0.05, 0.1) is 23.1 Å². The van der Waals surface area contributed by atoms with Gasteiger partial charge in [-0.3, -0.25) is 4.99 Å². The largest absolute Gasteiger partial charge is 0.456 e. The molecule has 0 saturated carbocycles. The summed E-state index contributed by atoms with van der Waals surface area (Å²) in [4.78, 5) is 21.3. The van der Waals surface area contributed by atoms with E-state index in [2.05, 4.69) is 165 Å². The zero-order chi connectivity index (χ0) is 38.8. The van der Waals surface area contributed by atoms with Crippen LogP contribution in [0.4, 0.5) is 0 Å². The van der Waals surface area contributed by atoms with Gasteiger partial charge in [0.1, 0.15) is 11.2 Å². The molecule has 3 heterocycles. The molecule has 9 aromatic rings. The Hall–Kier alpha value is -7.24. The lowest BCUT2D eigenvalue weighted by atomic mass is 9.86. The molecule has 0 radical (unpaired) electrons. The second-order valence-electron chi connectivity index (χ2n) is 14.9. The number of para-hydroxylation sites is 1. The third-order valence-electron chi connectivity index (χ3n) is 11.2. The predicted octanol–water partition coefficient (Wildman–Crippen LogP) is 13.5. The fraction of sp³-hybridized carbons (Fsp3) is 0.0943. The summed E-state index contributed by atoms with van der Waals surface area (Å²) in [6, 6.07) is 65.2. The Kier molecular flexibility index (Phi) is 9.32. The van der Waals surface area contributed by atoms with Crippen molar-refractivity contribution in [3.05, 3.63) is 205 Å². The van der Waals surface area contributed by atoms with Gasteiger partial charge >= 0.3 is 0 Å². The molecule has 7 aromatic carbocycles. The van der Waals surface area contributed by atoms with Gasteiger partial charge in [-0.2, -0.15) is 0 Å². The fourth-order valence-corrected chi connectivity index (χ4v) is 8.13. The lowest BCUT2D eigenvalue weighted by Gasteiger charge is -2.20. The first kappa shape index (κ1) is 35.2. The first-order valence-electron chi connectivity index (χ1n) is 20.0. The Bertz CT molecular complexity index is 2950. The van der Waals surface area contributed by atoms with Crippen LogP contribution in [0.25, 0.3) is 67.0 Å². The minimum atomic E-state index is -0.0568. The molecule has 0 N–H and O–H groups in total. The van der Waals surface area contributed by atoms with Crippen LogP contribution in [0, 0.1) is 5.92 Å². The average molecular weight is 749 g/mol. The van der Waals surface area contributed by atoms with E-state index in [1.807, 2.05) is 30.3 Å². The molecule has 2 atom stereocenters. The van der Waals surface area contributed by atoms with Crippen molar-refractivity contribution < 1.29 is 4.42 Å². The molecule has 0 fully saturated rings. The first-order valence-corrected chi connectivity index (χ1v) is 20.0. The van der Waals surface area contributed by atoms with Crippen molar-refractivity contribution in [1.29, 1.82) is 0 Å². The summed E-state index contributed by atoms with van der Waals surface area (Å²) >= 11 is 0. The van der Waals surface area contributed by atoms with Gasteiger partial charge in [-0.1, -0.05) is 165 Å². The third kappa shape index (κ3) is 6.92. The van der Waals surface area contributed by atoms with Crippen LogP contribution in [-0.4, -0.2) is 21.5 Å². The van der Waals surface area contributed by atoms with E-state index in [1.54, 1.807) is 0 Å². The van der Waals surface area contributed by atoms with Crippen LogP contribution in [0.1, 0.15) is 42.5 Å². The number of fused-ring (bicyclic) bond motifs is 3. The molecule has 0 aliphatic carbocycles. The molecule has 1 aliphatic heterocycles. The number of hydrogen-bond acceptors (Lipinski definition) is 5. The molecular weight excluding hydrogens is 709 g/mol. The maximum atomic E-state index is 6.34. The number of furan rings is 1. The summed E-state index contributed by atoms with van der Waals surface area (Å²) in [6.07, 6.45) is 1.75. The number of aliphatic imine (C=N–C) groups is 2. The van der Waals surface area contributed by atoms with Gasteiger partial charge in [-0.05, 0) is 65.4 Å². The highest BCUT2D eigenvalue weighted by Gasteiger charge is 2.27. The summed E-state index contributed by atoms with van der Waals surface area (Å²) in [5.74, 6) is 1.53. The summed E-state index contributed by atoms with van der Waals surface area (Å²) in [7, 11) is 0. The normalized spacial score (nSPS) is 15.5. The number of rotatable bonds is 8. The number of amidine groups is 1. The van der Waals surface area contributed by atoms with Crippen LogP contribution in [0.5, 0.6) is 0 Å². The van der Waals surface area contributed by atoms with Crippen LogP contribution in [0.3, 0.4) is 0 Å². The average Bonchev–Trinajstić information content (AvgIpc) is 3.56. The highest BCUT2D eigenvalue weighted by molar-refractivity contribution is 6.15. The van der Waals surface area contributed by atoms with Crippen molar-refractivity contribution in [3.8, 4) is 45.0 Å². The Labute approximate surface area is 338 Å². The van der Waals surface area contributed by atoms with Gasteiger partial charge in [0.25, 0.3) is 0 Å². The Balaban J connectivity index is 1.08. The molecule has 1 aliphatic rings. The maximum absolute atomic E-state index is 6.34. The highest BCUT2D eigenvalue weighted by Crippen LogP contribution is 2.36. The lowest BCUT2D eigenvalue weighted by molar-refractivity contribution is 0.535. The Morgan fingerprint density at radius 1 is 0.483 bits per heavy atom.